The minimum absolute atomic E-state index is 0.442. The van der Waals surface area contributed by atoms with Crippen molar-refractivity contribution >= 4 is 0 Å². The lowest BCUT2D eigenvalue weighted by atomic mass is 9.59. The Morgan fingerprint density at radius 3 is 1.47 bits per heavy atom. The topological polar surface area (TPSA) is 40.5 Å². The lowest BCUT2D eigenvalue weighted by molar-refractivity contribution is 0.429. The highest BCUT2D eigenvalue weighted by atomic mass is 19.1. The van der Waals surface area contributed by atoms with Crippen molar-refractivity contribution in [3.05, 3.63) is 130 Å². The van der Waals surface area contributed by atoms with Gasteiger partial charge >= 0.3 is 0 Å². The van der Waals surface area contributed by atoms with Gasteiger partial charge in [0.25, 0.3) is 0 Å². The molecule has 0 heterocycles. The zero-order valence-corrected chi connectivity index (χ0v) is 15.9. The Labute approximate surface area is 172 Å². The minimum Gasteiger partial charge on any atom is -0.505 e. The van der Waals surface area contributed by atoms with Gasteiger partial charge in [-0.05, 0) is 64.1 Å². The molecule has 1 aliphatic carbocycles. The minimum atomic E-state index is -1.01. The molecule has 0 amide bonds. The maximum absolute atomic E-state index is 14.6. The van der Waals surface area contributed by atoms with Crippen LogP contribution in [0.5, 0.6) is 11.5 Å². The van der Waals surface area contributed by atoms with Crippen LogP contribution in [0.3, 0.4) is 0 Å². The highest BCUT2D eigenvalue weighted by molar-refractivity contribution is 5.67. The van der Waals surface area contributed by atoms with Crippen LogP contribution in [0.1, 0.15) is 33.4 Å². The summed E-state index contributed by atoms with van der Waals surface area (Å²) in [6.07, 6.45) is 0.704. The maximum Gasteiger partial charge on any atom is 0.165 e. The van der Waals surface area contributed by atoms with Crippen molar-refractivity contribution < 1.29 is 19.0 Å². The molecule has 4 aromatic carbocycles. The van der Waals surface area contributed by atoms with E-state index in [0.29, 0.717) is 17.5 Å². The first-order chi connectivity index (χ1) is 14.5. The standard InChI is InChI=1S/C26H18F2O2/c27-22-14-18(9-11-24(22)29)26(19-10-12-25(30)23(28)15-19)20-7-3-1-5-16(20)13-17-6-2-4-8-21(17)26/h1-12,14-15,29-30H,13H2. The van der Waals surface area contributed by atoms with E-state index in [1.54, 1.807) is 12.1 Å². The summed E-state index contributed by atoms with van der Waals surface area (Å²) in [5.74, 6) is -2.37. The maximum atomic E-state index is 14.6. The molecule has 2 N–H and O–H groups in total. The van der Waals surface area contributed by atoms with Gasteiger partial charge in [-0.1, -0.05) is 60.7 Å². The SMILES string of the molecule is Oc1ccc(C2(c3ccc(O)c(F)c3)c3ccccc3Cc3ccccc32)cc1F. The second-order valence-electron chi connectivity index (χ2n) is 7.57. The third-order valence-corrected chi connectivity index (χ3v) is 5.99. The summed E-state index contributed by atoms with van der Waals surface area (Å²) in [4.78, 5) is 0. The smallest absolute Gasteiger partial charge is 0.165 e. The first-order valence-corrected chi connectivity index (χ1v) is 9.66. The molecule has 4 aromatic rings. The monoisotopic (exact) mass is 400 g/mol. The predicted molar refractivity (Wildman–Crippen MR) is 111 cm³/mol. The molecule has 0 radical (unpaired) electrons. The molecule has 0 aliphatic heterocycles. The molecule has 5 rings (SSSR count). The molecule has 0 bridgehead atoms. The Bertz CT molecular complexity index is 1180. The fourth-order valence-electron chi connectivity index (χ4n) is 4.70. The van der Waals surface area contributed by atoms with Gasteiger partial charge < -0.3 is 10.2 Å². The number of fused-ring (bicyclic) bond motifs is 2. The fourth-order valence-corrected chi connectivity index (χ4v) is 4.70. The van der Waals surface area contributed by atoms with Crippen LogP contribution in [0, 0.1) is 11.6 Å². The lowest BCUT2D eigenvalue weighted by Crippen LogP contribution is -2.36. The summed E-state index contributed by atoms with van der Waals surface area (Å²) < 4.78 is 29.1. The van der Waals surface area contributed by atoms with Crippen molar-refractivity contribution in [2.24, 2.45) is 0 Å². The zero-order chi connectivity index (χ0) is 20.9. The number of benzene rings is 4. The largest absolute Gasteiger partial charge is 0.505 e. The highest BCUT2D eigenvalue weighted by Gasteiger charge is 2.44. The van der Waals surface area contributed by atoms with Crippen LogP contribution in [0.15, 0.2) is 84.9 Å². The van der Waals surface area contributed by atoms with Crippen molar-refractivity contribution in [2.75, 3.05) is 0 Å². The number of aromatic hydroxyl groups is 2. The van der Waals surface area contributed by atoms with E-state index in [1.807, 2.05) is 48.5 Å². The van der Waals surface area contributed by atoms with E-state index in [9.17, 15) is 19.0 Å². The zero-order valence-electron chi connectivity index (χ0n) is 15.9. The van der Waals surface area contributed by atoms with Gasteiger partial charge in [-0.15, -0.1) is 0 Å². The number of phenols is 2. The van der Waals surface area contributed by atoms with Gasteiger partial charge in [0.2, 0.25) is 0 Å². The number of phenolic OH excluding ortho intramolecular Hbond substituents is 2. The molecule has 0 fully saturated rings. The van der Waals surface area contributed by atoms with Crippen molar-refractivity contribution in [3.8, 4) is 11.5 Å². The van der Waals surface area contributed by atoms with Gasteiger partial charge in [0.1, 0.15) is 0 Å². The lowest BCUT2D eigenvalue weighted by Gasteiger charge is -2.42. The Morgan fingerprint density at radius 2 is 1.03 bits per heavy atom. The van der Waals surface area contributed by atoms with E-state index in [2.05, 4.69) is 0 Å². The summed E-state index contributed by atoms with van der Waals surface area (Å²) in [6.45, 7) is 0. The van der Waals surface area contributed by atoms with Crippen LogP contribution in [-0.4, -0.2) is 10.2 Å². The second kappa shape index (κ2) is 6.70. The molecule has 0 aromatic heterocycles. The Morgan fingerprint density at radius 1 is 0.600 bits per heavy atom. The fraction of sp³-hybridized carbons (Fsp3) is 0.0769. The van der Waals surface area contributed by atoms with Gasteiger partial charge in [-0.3, -0.25) is 0 Å². The Kier molecular flexibility index (Phi) is 4.10. The van der Waals surface area contributed by atoms with E-state index in [4.69, 9.17) is 0 Å². The molecule has 0 spiro atoms. The van der Waals surface area contributed by atoms with Crippen molar-refractivity contribution in [3.63, 3.8) is 0 Å². The number of rotatable bonds is 2. The van der Waals surface area contributed by atoms with Crippen molar-refractivity contribution in [1.29, 1.82) is 0 Å². The second-order valence-corrected chi connectivity index (χ2v) is 7.57. The first kappa shape index (κ1) is 18.4. The van der Waals surface area contributed by atoms with Crippen LogP contribution >= 0.6 is 0 Å². The van der Waals surface area contributed by atoms with Gasteiger partial charge in [0.15, 0.2) is 23.1 Å². The molecule has 1 aliphatic rings. The van der Waals surface area contributed by atoms with Crippen LogP contribution in [0.4, 0.5) is 8.78 Å². The number of halogens is 2. The Hall–Kier alpha value is -3.66. The third-order valence-electron chi connectivity index (χ3n) is 5.99. The number of hydrogen-bond acceptors (Lipinski definition) is 2. The van der Waals surface area contributed by atoms with Gasteiger partial charge in [-0.25, -0.2) is 8.78 Å². The van der Waals surface area contributed by atoms with Gasteiger partial charge in [0, 0.05) is 0 Å². The van der Waals surface area contributed by atoms with Crippen molar-refractivity contribution in [2.45, 2.75) is 11.8 Å². The highest BCUT2D eigenvalue weighted by Crippen LogP contribution is 2.51. The summed E-state index contributed by atoms with van der Waals surface area (Å²) >= 11 is 0. The van der Waals surface area contributed by atoms with E-state index < -0.39 is 28.5 Å². The molecule has 148 valence electrons. The van der Waals surface area contributed by atoms with Crippen LogP contribution in [0.2, 0.25) is 0 Å². The number of hydrogen-bond donors (Lipinski definition) is 2. The molecule has 30 heavy (non-hydrogen) atoms. The molecule has 0 unspecified atom stereocenters. The van der Waals surface area contributed by atoms with Gasteiger partial charge in [0.05, 0.1) is 5.41 Å². The average Bonchev–Trinajstić information content (AvgIpc) is 2.76. The third kappa shape index (κ3) is 2.53. The van der Waals surface area contributed by atoms with E-state index in [-0.39, 0.29) is 0 Å². The summed E-state index contributed by atoms with van der Waals surface area (Å²) in [6, 6.07) is 24.3. The van der Waals surface area contributed by atoms with Crippen LogP contribution in [-0.2, 0) is 11.8 Å². The summed E-state index contributed by atoms with van der Waals surface area (Å²) in [5.41, 5.74) is 4.08. The van der Waals surface area contributed by atoms with Crippen LogP contribution < -0.4 is 0 Å². The van der Waals surface area contributed by atoms with E-state index in [1.165, 1.54) is 24.3 Å². The molecular weight excluding hydrogens is 382 g/mol. The molecule has 0 atom stereocenters. The van der Waals surface area contributed by atoms with E-state index in [0.717, 1.165) is 22.3 Å². The van der Waals surface area contributed by atoms with Crippen LogP contribution in [0.25, 0.3) is 0 Å². The molecule has 0 saturated heterocycles. The van der Waals surface area contributed by atoms with Gasteiger partial charge in [-0.2, -0.15) is 0 Å². The van der Waals surface area contributed by atoms with E-state index >= 15 is 0 Å². The average molecular weight is 400 g/mol. The first-order valence-electron chi connectivity index (χ1n) is 9.66. The molecule has 2 nitrogen and oxygen atoms in total. The normalized spacial score (nSPS) is 14.1. The predicted octanol–water partition coefficient (Wildman–Crippen LogP) is 5.66. The Balaban J connectivity index is 1.97. The summed E-state index contributed by atoms with van der Waals surface area (Å²) in [7, 11) is 0. The summed E-state index contributed by atoms with van der Waals surface area (Å²) in [5, 5.41) is 19.6. The molecule has 0 saturated carbocycles. The quantitative estimate of drug-likeness (QED) is 0.401. The van der Waals surface area contributed by atoms with Crippen molar-refractivity contribution in [1.82, 2.24) is 0 Å². The molecule has 4 heteroatoms. The molecular formula is C26H18F2O2.